The predicted octanol–water partition coefficient (Wildman–Crippen LogP) is -0.133. The largest absolute Gasteiger partial charge is 0.387 e. The molecule has 0 aliphatic rings. The molecule has 6 heteroatoms. The first kappa shape index (κ1) is 15.0. The summed E-state index contributed by atoms with van der Waals surface area (Å²) in [5.74, 6) is -1.41. The molecule has 2 amide bonds. The number of hydrogen-bond acceptors (Lipinski definition) is 3. The van der Waals surface area contributed by atoms with E-state index in [0.717, 1.165) is 5.69 Å². The quantitative estimate of drug-likeness (QED) is 0.495. The van der Waals surface area contributed by atoms with E-state index in [-0.39, 0.29) is 13.1 Å². The molecule has 0 aliphatic heterocycles. The van der Waals surface area contributed by atoms with Gasteiger partial charge in [0.25, 0.3) is 0 Å². The van der Waals surface area contributed by atoms with Gasteiger partial charge in [-0.25, -0.2) is 0 Å². The van der Waals surface area contributed by atoms with Gasteiger partial charge in [0.1, 0.15) is 0 Å². The Morgan fingerprint density at radius 3 is 2.74 bits per heavy atom. The number of aliphatic hydroxyl groups excluding tert-OH is 1. The molecule has 0 spiro atoms. The fourth-order valence-corrected chi connectivity index (χ4v) is 1.62. The normalized spacial score (nSPS) is 11.7. The zero-order valence-corrected chi connectivity index (χ0v) is 10.9. The van der Waals surface area contributed by atoms with E-state index < -0.39 is 17.9 Å². The molecule has 1 aromatic heterocycles. The Hall–Kier alpha value is -2.08. The van der Waals surface area contributed by atoms with Gasteiger partial charge in [-0.2, -0.15) is 0 Å². The molecule has 1 unspecified atom stereocenters. The molecule has 1 aromatic rings. The van der Waals surface area contributed by atoms with E-state index >= 15 is 0 Å². The zero-order chi connectivity index (χ0) is 14.3. The van der Waals surface area contributed by atoms with Crippen LogP contribution in [0.25, 0.3) is 0 Å². The highest BCUT2D eigenvalue weighted by Crippen LogP contribution is 2.15. The summed E-state index contributed by atoms with van der Waals surface area (Å²) >= 11 is 0. The second kappa shape index (κ2) is 7.38. The molecular weight excluding hydrogens is 246 g/mol. The monoisotopic (exact) mass is 265 g/mol. The van der Waals surface area contributed by atoms with E-state index in [1.54, 1.807) is 0 Å². The number of carbonyl (C=O) groups is 2. The number of hydrogen-bond donors (Lipinski definition) is 3. The van der Waals surface area contributed by atoms with Gasteiger partial charge in [-0.3, -0.25) is 9.59 Å². The van der Waals surface area contributed by atoms with Crippen molar-refractivity contribution in [3.8, 4) is 0 Å². The van der Waals surface area contributed by atoms with Gasteiger partial charge in [0.15, 0.2) is 0 Å². The number of rotatable bonds is 6. The lowest BCUT2D eigenvalue weighted by Crippen LogP contribution is -2.40. The maximum atomic E-state index is 11.3. The van der Waals surface area contributed by atoms with Gasteiger partial charge in [0, 0.05) is 32.0 Å². The van der Waals surface area contributed by atoms with Crippen LogP contribution in [0.5, 0.6) is 0 Å². The Kier molecular flexibility index (Phi) is 5.81. The average Bonchev–Trinajstić information content (AvgIpc) is 2.81. The van der Waals surface area contributed by atoms with Crippen LogP contribution < -0.4 is 10.6 Å². The molecule has 19 heavy (non-hydrogen) atoms. The molecule has 0 fully saturated rings. The number of nitrogens with one attached hydrogen (secondary N) is 2. The summed E-state index contributed by atoms with van der Waals surface area (Å²) < 4.78 is 1.81. The maximum absolute atomic E-state index is 11.3. The van der Waals surface area contributed by atoms with Crippen LogP contribution in [0.4, 0.5) is 0 Å². The highest BCUT2D eigenvalue weighted by molar-refractivity contribution is 6.35. The number of carbonyl (C=O) groups excluding carboxylic acids is 2. The van der Waals surface area contributed by atoms with Crippen LogP contribution in [-0.2, 0) is 16.6 Å². The van der Waals surface area contributed by atoms with Gasteiger partial charge in [0.2, 0.25) is 0 Å². The van der Waals surface area contributed by atoms with Crippen LogP contribution in [-0.4, -0.2) is 34.6 Å². The Balaban J connectivity index is 2.30. The SMILES string of the molecule is C=CCNC(=O)C(=O)NCCC(O)c1cccn1C. The lowest BCUT2D eigenvalue weighted by atomic mass is 10.2. The minimum absolute atomic E-state index is 0.229. The maximum Gasteiger partial charge on any atom is 0.309 e. The highest BCUT2D eigenvalue weighted by atomic mass is 16.3. The lowest BCUT2D eigenvalue weighted by Gasteiger charge is -2.12. The van der Waals surface area contributed by atoms with Crippen LogP contribution >= 0.6 is 0 Å². The molecule has 0 aromatic carbocycles. The van der Waals surface area contributed by atoms with Gasteiger partial charge in [-0.15, -0.1) is 6.58 Å². The topological polar surface area (TPSA) is 83.4 Å². The van der Waals surface area contributed by atoms with E-state index in [4.69, 9.17) is 0 Å². The van der Waals surface area contributed by atoms with E-state index in [1.165, 1.54) is 6.08 Å². The Morgan fingerprint density at radius 2 is 2.16 bits per heavy atom. The molecule has 0 saturated heterocycles. The van der Waals surface area contributed by atoms with E-state index in [1.807, 2.05) is 29.9 Å². The van der Waals surface area contributed by atoms with E-state index in [9.17, 15) is 14.7 Å². The first-order valence-electron chi connectivity index (χ1n) is 6.02. The number of aliphatic hydroxyl groups is 1. The fraction of sp³-hybridized carbons (Fsp3) is 0.385. The van der Waals surface area contributed by atoms with Crippen molar-refractivity contribution in [3.63, 3.8) is 0 Å². The summed E-state index contributed by atoms with van der Waals surface area (Å²) in [6.07, 6.45) is 3.00. The van der Waals surface area contributed by atoms with Crippen molar-refractivity contribution in [3.05, 3.63) is 36.7 Å². The molecule has 0 bridgehead atoms. The first-order valence-corrected chi connectivity index (χ1v) is 6.02. The molecular formula is C13H19N3O3. The Bertz CT molecular complexity index is 454. The zero-order valence-electron chi connectivity index (χ0n) is 10.9. The van der Waals surface area contributed by atoms with Crippen LogP contribution in [0.1, 0.15) is 18.2 Å². The van der Waals surface area contributed by atoms with Crippen molar-refractivity contribution < 1.29 is 14.7 Å². The van der Waals surface area contributed by atoms with Gasteiger partial charge in [-0.1, -0.05) is 6.08 Å². The molecule has 6 nitrogen and oxygen atoms in total. The van der Waals surface area contributed by atoms with Crippen molar-refractivity contribution in [2.45, 2.75) is 12.5 Å². The third kappa shape index (κ3) is 4.59. The second-order valence-corrected chi connectivity index (χ2v) is 4.10. The van der Waals surface area contributed by atoms with Crippen LogP contribution in [0.15, 0.2) is 31.0 Å². The van der Waals surface area contributed by atoms with Gasteiger partial charge >= 0.3 is 11.8 Å². The summed E-state index contributed by atoms with van der Waals surface area (Å²) in [5, 5.41) is 14.7. The molecule has 1 atom stereocenters. The minimum atomic E-state index is -0.707. The molecule has 1 rings (SSSR count). The molecule has 0 saturated carbocycles. The molecule has 1 heterocycles. The van der Waals surface area contributed by atoms with Crippen LogP contribution in [0, 0.1) is 0 Å². The summed E-state index contributed by atoms with van der Waals surface area (Å²) in [6.45, 7) is 3.91. The summed E-state index contributed by atoms with van der Waals surface area (Å²) in [4.78, 5) is 22.6. The average molecular weight is 265 g/mol. The third-order valence-electron chi connectivity index (χ3n) is 2.64. The van der Waals surface area contributed by atoms with Crippen molar-refractivity contribution in [1.29, 1.82) is 0 Å². The summed E-state index contributed by atoms with van der Waals surface area (Å²) in [6, 6.07) is 3.64. The van der Waals surface area contributed by atoms with Gasteiger partial charge in [0.05, 0.1) is 6.10 Å². The lowest BCUT2D eigenvalue weighted by molar-refractivity contribution is -0.139. The van der Waals surface area contributed by atoms with Crippen molar-refractivity contribution in [2.24, 2.45) is 7.05 Å². The Labute approximate surface area is 112 Å². The van der Waals surface area contributed by atoms with Crippen LogP contribution in [0.3, 0.4) is 0 Å². The van der Waals surface area contributed by atoms with Crippen molar-refractivity contribution in [2.75, 3.05) is 13.1 Å². The van der Waals surface area contributed by atoms with E-state index in [2.05, 4.69) is 17.2 Å². The Morgan fingerprint density at radius 1 is 1.47 bits per heavy atom. The predicted molar refractivity (Wildman–Crippen MR) is 71.2 cm³/mol. The number of aromatic nitrogens is 1. The van der Waals surface area contributed by atoms with Gasteiger partial charge < -0.3 is 20.3 Å². The molecule has 0 aliphatic carbocycles. The second-order valence-electron chi connectivity index (χ2n) is 4.10. The van der Waals surface area contributed by atoms with Gasteiger partial charge in [-0.05, 0) is 18.6 Å². The third-order valence-corrected chi connectivity index (χ3v) is 2.64. The molecule has 104 valence electrons. The smallest absolute Gasteiger partial charge is 0.309 e. The van der Waals surface area contributed by atoms with Crippen molar-refractivity contribution in [1.82, 2.24) is 15.2 Å². The standard InChI is InChI=1S/C13H19N3O3/c1-3-7-14-12(18)13(19)15-8-6-11(17)10-5-4-9-16(10)2/h3-5,9,11,17H,1,6-8H2,2H3,(H,14,18)(H,15,19). The number of nitrogens with zero attached hydrogens (tertiary/aromatic N) is 1. The molecule has 0 radical (unpaired) electrons. The summed E-state index contributed by atoms with van der Waals surface area (Å²) in [7, 11) is 1.83. The number of amides is 2. The number of aryl methyl sites for hydroxylation is 1. The highest BCUT2D eigenvalue weighted by Gasteiger charge is 2.14. The van der Waals surface area contributed by atoms with Crippen LogP contribution in [0.2, 0.25) is 0 Å². The fourth-order valence-electron chi connectivity index (χ4n) is 1.62. The van der Waals surface area contributed by atoms with Crippen molar-refractivity contribution >= 4 is 11.8 Å². The van der Waals surface area contributed by atoms with E-state index in [0.29, 0.717) is 6.42 Å². The minimum Gasteiger partial charge on any atom is -0.387 e. The molecule has 3 N–H and O–H groups in total. The summed E-state index contributed by atoms with van der Waals surface area (Å²) in [5.41, 5.74) is 0.769. The first-order chi connectivity index (χ1) is 9.06.